The van der Waals surface area contributed by atoms with Gasteiger partial charge < -0.3 is 9.64 Å². The van der Waals surface area contributed by atoms with Crippen LogP contribution in [0.1, 0.15) is 18.4 Å². The van der Waals surface area contributed by atoms with Gasteiger partial charge in [-0.25, -0.2) is 0 Å². The summed E-state index contributed by atoms with van der Waals surface area (Å²) in [5.41, 5.74) is 2.74. The summed E-state index contributed by atoms with van der Waals surface area (Å²) in [6.07, 6.45) is 2.58. The Balaban J connectivity index is 1.44. The molecule has 0 spiro atoms. The standard InChI is InChI=1S/C17H26N2O/c1-15-3-2-4-17(13-15)19-10-8-18(9-11-19)7-5-16-6-12-20-14-16/h2-4,13,16H,5-12,14H2,1H3. The van der Waals surface area contributed by atoms with Crippen LogP contribution in [0.3, 0.4) is 0 Å². The van der Waals surface area contributed by atoms with Crippen LogP contribution in [-0.2, 0) is 4.74 Å². The highest BCUT2D eigenvalue weighted by atomic mass is 16.5. The van der Waals surface area contributed by atoms with Crippen molar-refractivity contribution >= 4 is 5.69 Å². The summed E-state index contributed by atoms with van der Waals surface area (Å²) in [6, 6.07) is 8.87. The molecular formula is C17H26N2O. The van der Waals surface area contributed by atoms with Crippen LogP contribution < -0.4 is 4.90 Å². The lowest BCUT2D eigenvalue weighted by Gasteiger charge is -2.36. The van der Waals surface area contributed by atoms with Crippen molar-refractivity contribution in [1.82, 2.24) is 4.90 Å². The quantitative estimate of drug-likeness (QED) is 0.839. The molecular weight excluding hydrogens is 248 g/mol. The predicted molar refractivity (Wildman–Crippen MR) is 83.4 cm³/mol. The molecule has 1 aromatic carbocycles. The third-order valence-electron chi connectivity index (χ3n) is 4.62. The number of rotatable bonds is 4. The van der Waals surface area contributed by atoms with Crippen molar-refractivity contribution in [2.45, 2.75) is 19.8 Å². The second kappa shape index (κ2) is 6.59. The van der Waals surface area contributed by atoms with Crippen LogP contribution in [-0.4, -0.2) is 50.8 Å². The summed E-state index contributed by atoms with van der Waals surface area (Å²) >= 11 is 0. The van der Waals surface area contributed by atoms with Crippen molar-refractivity contribution in [3.05, 3.63) is 29.8 Å². The maximum absolute atomic E-state index is 5.46. The van der Waals surface area contributed by atoms with Gasteiger partial charge in [-0.3, -0.25) is 4.90 Å². The predicted octanol–water partition coefficient (Wildman–Crippen LogP) is 2.54. The molecule has 2 aliphatic heterocycles. The van der Waals surface area contributed by atoms with Crippen molar-refractivity contribution in [2.24, 2.45) is 5.92 Å². The second-order valence-corrected chi connectivity index (χ2v) is 6.19. The third-order valence-corrected chi connectivity index (χ3v) is 4.62. The minimum Gasteiger partial charge on any atom is -0.381 e. The van der Waals surface area contributed by atoms with E-state index in [0.717, 1.165) is 32.2 Å². The summed E-state index contributed by atoms with van der Waals surface area (Å²) in [5.74, 6) is 0.810. The Morgan fingerprint density at radius 2 is 2.05 bits per heavy atom. The molecule has 3 nitrogen and oxygen atoms in total. The third kappa shape index (κ3) is 3.53. The molecule has 0 bridgehead atoms. The zero-order valence-corrected chi connectivity index (χ0v) is 12.6. The molecule has 0 amide bonds. The van der Waals surface area contributed by atoms with Gasteiger partial charge in [-0.05, 0) is 49.9 Å². The molecule has 2 aliphatic rings. The number of anilines is 1. The molecule has 110 valence electrons. The van der Waals surface area contributed by atoms with E-state index < -0.39 is 0 Å². The van der Waals surface area contributed by atoms with E-state index in [1.807, 2.05) is 0 Å². The Bertz CT molecular complexity index is 421. The van der Waals surface area contributed by atoms with Crippen molar-refractivity contribution in [2.75, 3.05) is 50.8 Å². The molecule has 2 saturated heterocycles. The molecule has 2 fully saturated rings. The SMILES string of the molecule is Cc1cccc(N2CCN(CCC3CCOC3)CC2)c1. The van der Waals surface area contributed by atoms with Crippen molar-refractivity contribution in [1.29, 1.82) is 0 Å². The van der Waals surface area contributed by atoms with Crippen molar-refractivity contribution in [3.8, 4) is 0 Å². The smallest absolute Gasteiger partial charge is 0.0495 e. The summed E-state index contributed by atoms with van der Waals surface area (Å²) in [5, 5.41) is 0. The average molecular weight is 274 g/mol. The molecule has 20 heavy (non-hydrogen) atoms. The van der Waals surface area contributed by atoms with Gasteiger partial charge >= 0.3 is 0 Å². The summed E-state index contributed by atoms with van der Waals surface area (Å²) in [6.45, 7) is 10.1. The molecule has 1 atom stereocenters. The van der Waals surface area contributed by atoms with E-state index >= 15 is 0 Å². The van der Waals surface area contributed by atoms with E-state index in [2.05, 4.69) is 41.0 Å². The first-order chi connectivity index (χ1) is 9.81. The number of hydrogen-bond acceptors (Lipinski definition) is 3. The lowest BCUT2D eigenvalue weighted by molar-refractivity contribution is 0.176. The first-order valence-corrected chi connectivity index (χ1v) is 7.93. The van der Waals surface area contributed by atoms with Crippen LogP contribution in [0.15, 0.2) is 24.3 Å². The number of benzene rings is 1. The summed E-state index contributed by atoms with van der Waals surface area (Å²) in [4.78, 5) is 5.13. The van der Waals surface area contributed by atoms with E-state index in [1.54, 1.807) is 0 Å². The van der Waals surface area contributed by atoms with Crippen LogP contribution in [0, 0.1) is 12.8 Å². The van der Waals surface area contributed by atoms with Crippen LogP contribution >= 0.6 is 0 Å². The molecule has 0 aliphatic carbocycles. The number of hydrogen-bond donors (Lipinski definition) is 0. The van der Waals surface area contributed by atoms with Gasteiger partial charge in [0.25, 0.3) is 0 Å². The van der Waals surface area contributed by atoms with E-state index in [4.69, 9.17) is 4.74 Å². The first kappa shape index (κ1) is 13.9. The van der Waals surface area contributed by atoms with Gasteiger partial charge in [-0.1, -0.05) is 12.1 Å². The highest BCUT2D eigenvalue weighted by Crippen LogP contribution is 2.20. The van der Waals surface area contributed by atoms with Crippen LogP contribution in [0.4, 0.5) is 5.69 Å². The Morgan fingerprint density at radius 3 is 2.75 bits per heavy atom. The monoisotopic (exact) mass is 274 g/mol. The molecule has 1 unspecified atom stereocenters. The summed E-state index contributed by atoms with van der Waals surface area (Å²) in [7, 11) is 0. The van der Waals surface area contributed by atoms with E-state index in [9.17, 15) is 0 Å². The fourth-order valence-electron chi connectivity index (χ4n) is 3.23. The molecule has 3 heteroatoms. The normalized spacial score (nSPS) is 24.2. The molecule has 0 aromatic heterocycles. The van der Waals surface area contributed by atoms with Gasteiger partial charge in [0.2, 0.25) is 0 Å². The lowest BCUT2D eigenvalue weighted by atomic mass is 10.0. The van der Waals surface area contributed by atoms with Crippen molar-refractivity contribution < 1.29 is 4.74 Å². The van der Waals surface area contributed by atoms with Crippen LogP contribution in [0.25, 0.3) is 0 Å². The van der Waals surface area contributed by atoms with Gasteiger partial charge in [0.05, 0.1) is 0 Å². The van der Waals surface area contributed by atoms with Crippen LogP contribution in [0.5, 0.6) is 0 Å². The molecule has 1 aromatic rings. The fourth-order valence-corrected chi connectivity index (χ4v) is 3.23. The van der Waals surface area contributed by atoms with Crippen molar-refractivity contribution in [3.63, 3.8) is 0 Å². The first-order valence-electron chi connectivity index (χ1n) is 7.93. The lowest BCUT2D eigenvalue weighted by Crippen LogP contribution is -2.46. The molecule has 0 N–H and O–H groups in total. The topological polar surface area (TPSA) is 15.7 Å². The van der Waals surface area contributed by atoms with Gasteiger partial charge in [0, 0.05) is 45.1 Å². The zero-order valence-electron chi connectivity index (χ0n) is 12.6. The number of aryl methyl sites for hydroxylation is 1. The summed E-state index contributed by atoms with van der Waals surface area (Å²) < 4.78 is 5.46. The van der Waals surface area contributed by atoms with Gasteiger partial charge in [-0.2, -0.15) is 0 Å². The molecule has 0 saturated carbocycles. The Labute approximate surface area is 122 Å². The average Bonchev–Trinajstić information content (AvgIpc) is 2.99. The maximum Gasteiger partial charge on any atom is 0.0495 e. The zero-order chi connectivity index (χ0) is 13.8. The number of piperazine rings is 1. The van der Waals surface area contributed by atoms with Gasteiger partial charge in [-0.15, -0.1) is 0 Å². The minimum absolute atomic E-state index is 0.810. The highest BCUT2D eigenvalue weighted by molar-refractivity contribution is 5.48. The fraction of sp³-hybridized carbons (Fsp3) is 0.647. The van der Waals surface area contributed by atoms with E-state index in [0.29, 0.717) is 0 Å². The largest absolute Gasteiger partial charge is 0.381 e. The van der Waals surface area contributed by atoms with Crippen LogP contribution in [0.2, 0.25) is 0 Å². The Kier molecular flexibility index (Phi) is 4.58. The minimum atomic E-state index is 0.810. The van der Waals surface area contributed by atoms with E-state index in [1.165, 1.54) is 43.7 Å². The Hall–Kier alpha value is -1.06. The van der Waals surface area contributed by atoms with Gasteiger partial charge in [0.15, 0.2) is 0 Å². The molecule has 0 radical (unpaired) electrons. The Morgan fingerprint density at radius 1 is 1.20 bits per heavy atom. The molecule has 2 heterocycles. The number of nitrogens with zero attached hydrogens (tertiary/aromatic N) is 2. The van der Waals surface area contributed by atoms with Gasteiger partial charge in [0.1, 0.15) is 0 Å². The van der Waals surface area contributed by atoms with E-state index in [-0.39, 0.29) is 0 Å². The second-order valence-electron chi connectivity index (χ2n) is 6.19. The highest BCUT2D eigenvalue weighted by Gasteiger charge is 2.20. The number of ether oxygens (including phenoxy) is 1. The maximum atomic E-state index is 5.46. The molecule has 3 rings (SSSR count).